The van der Waals surface area contributed by atoms with Crippen molar-refractivity contribution in [2.45, 2.75) is 24.7 Å². The molecule has 0 aliphatic carbocycles. The average Bonchev–Trinajstić information content (AvgIpc) is 2.67. The molecule has 0 unspecified atom stereocenters. The Labute approximate surface area is 180 Å². The standard InChI is InChI=1S/C20H22Cl2N2O4S/c1-13-5-7-24(8-6-13)29(26,27)17-3-4-19(28-2)18(12-17)20(25)23-16-10-14(21)9-15(22)11-16/h3-4,9-13H,5-8H2,1-2H3,(H,23,25). The molecule has 1 heterocycles. The van der Waals surface area contributed by atoms with Crippen molar-refractivity contribution in [2.75, 3.05) is 25.5 Å². The minimum Gasteiger partial charge on any atom is -0.496 e. The highest BCUT2D eigenvalue weighted by molar-refractivity contribution is 7.89. The number of amides is 1. The van der Waals surface area contributed by atoms with Gasteiger partial charge in [-0.2, -0.15) is 4.31 Å². The predicted molar refractivity (Wildman–Crippen MR) is 115 cm³/mol. The molecule has 0 spiro atoms. The van der Waals surface area contributed by atoms with Gasteiger partial charge in [-0.15, -0.1) is 0 Å². The molecule has 0 bridgehead atoms. The molecule has 1 amide bonds. The maximum atomic E-state index is 13.0. The second-order valence-corrected chi connectivity index (χ2v) is 9.87. The Balaban J connectivity index is 1.91. The van der Waals surface area contributed by atoms with E-state index in [2.05, 4.69) is 12.2 Å². The molecule has 0 atom stereocenters. The van der Waals surface area contributed by atoms with Crippen molar-refractivity contribution in [1.82, 2.24) is 4.31 Å². The molecular formula is C20H22Cl2N2O4S. The molecular weight excluding hydrogens is 435 g/mol. The summed E-state index contributed by atoms with van der Waals surface area (Å²) in [7, 11) is -2.28. The lowest BCUT2D eigenvalue weighted by atomic mass is 10.0. The highest BCUT2D eigenvalue weighted by Crippen LogP contribution is 2.29. The summed E-state index contributed by atoms with van der Waals surface area (Å²) < 4.78 is 32.8. The lowest BCUT2D eigenvalue weighted by Crippen LogP contribution is -2.37. The van der Waals surface area contributed by atoms with Gasteiger partial charge in [0, 0.05) is 28.8 Å². The topological polar surface area (TPSA) is 75.7 Å². The maximum Gasteiger partial charge on any atom is 0.259 e. The summed E-state index contributed by atoms with van der Waals surface area (Å²) in [6.07, 6.45) is 1.64. The van der Waals surface area contributed by atoms with Crippen LogP contribution in [-0.2, 0) is 10.0 Å². The Morgan fingerprint density at radius 3 is 2.31 bits per heavy atom. The fourth-order valence-corrected chi connectivity index (χ4v) is 5.25. The van der Waals surface area contributed by atoms with E-state index < -0.39 is 15.9 Å². The first kappa shape index (κ1) is 21.9. The molecule has 156 valence electrons. The molecule has 2 aromatic carbocycles. The zero-order valence-electron chi connectivity index (χ0n) is 16.1. The zero-order valence-corrected chi connectivity index (χ0v) is 18.4. The minimum atomic E-state index is -3.70. The molecule has 0 saturated carbocycles. The van der Waals surface area contributed by atoms with Crippen LogP contribution >= 0.6 is 23.2 Å². The molecule has 3 rings (SSSR count). The van der Waals surface area contributed by atoms with Crippen LogP contribution in [-0.4, -0.2) is 38.8 Å². The number of rotatable bonds is 5. The average molecular weight is 457 g/mol. The summed E-state index contributed by atoms with van der Waals surface area (Å²) in [6.45, 7) is 3.05. The number of nitrogens with zero attached hydrogens (tertiary/aromatic N) is 1. The minimum absolute atomic E-state index is 0.0575. The number of carbonyl (C=O) groups is 1. The third-order valence-corrected chi connectivity index (χ3v) is 7.25. The number of methoxy groups -OCH3 is 1. The number of nitrogens with one attached hydrogen (secondary N) is 1. The van der Waals surface area contributed by atoms with Gasteiger partial charge < -0.3 is 10.1 Å². The number of piperidine rings is 1. The van der Waals surface area contributed by atoms with E-state index in [-0.39, 0.29) is 16.2 Å². The molecule has 1 aliphatic rings. The first-order valence-corrected chi connectivity index (χ1v) is 11.4. The van der Waals surface area contributed by atoms with Gasteiger partial charge in [-0.05, 0) is 55.2 Å². The largest absolute Gasteiger partial charge is 0.496 e. The van der Waals surface area contributed by atoms with Crippen molar-refractivity contribution < 1.29 is 17.9 Å². The molecule has 1 saturated heterocycles. The fourth-order valence-electron chi connectivity index (χ4n) is 3.22. The van der Waals surface area contributed by atoms with Crippen molar-refractivity contribution in [2.24, 2.45) is 5.92 Å². The first-order valence-electron chi connectivity index (χ1n) is 9.16. The van der Waals surface area contributed by atoms with Gasteiger partial charge in [-0.3, -0.25) is 4.79 Å². The number of hydrogen-bond donors (Lipinski definition) is 1. The number of anilines is 1. The van der Waals surface area contributed by atoms with Gasteiger partial charge >= 0.3 is 0 Å². The monoisotopic (exact) mass is 456 g/mol. The Hall–Kier alpha value is -1.80. The van der Waals surface area contributed by atoms with Crippen LogP contribution in [0, 0.1) is 5.92 Å². The predicted octanol–water partition coefficient (Wildman–Crippen LogP) is 4.67. The lowest BCUT2D eigenvalue weighted by molar-refractivity contribution is 0.102. The van der Waals surface area contributed by atoms with E-state index in [1.54, 1.807) is 18.2 Å². The number of carbonyl (C=O) groups excluding carboxylic acids is 1. The number of halogens is 2. The summed E-state index contributed by atoms with van der Waals surface area (Å²) in [5.41, 5.74) is 0.503. The van der Waals surface area contributed by atoms with Gasteiger partial charge in [0.25, 0.3) is 5.91 Å². The Kier molecular flexibility index (Phi) is 6.73. The van der Waals surface area contributed by atoms with Crippen molar-refractivity contribution in [1.29, 1.82) is 0 Å². The quantitative estimate of drug-likeness (QED) is 0.708. The molecule has 1 fully saturated rings. The van der Waals surface area contributed by atoms with Crippen molar-refractivity contribution in [3.63, 3.8) is 0 Å². The van der Waals surface area contributed by atoms with Crippen LogP contribution < -0.4 is 10.1 Å². The van der Waals surface area contributed by atoms with E-state index in [0.29, 0.717) is 34.7 Å². The van der Waals surface area contributed by atoms with Gasteiger partial charge in [-0.25, -0.2) is 8.42 Å². The van der Waals surface area contributed by atoms with E-state index >= 15 is 0 Å². The van der Waals surface area contributed by atoms with Gasteiger partial charge in [0.15, 0.2) is 0 Å². The molecule has 9 heteroatoms. The summed E-state index contributed by atoms with van der Waals surface area (Å²) in [5.74, 6) is 0.245. The van der Waals surface area contributed by atoms with E-state index in [4.69, 9.17) is 27.9 Å². The van der Waals surface area contributed by atoms with Gasteiger partial charge in [0.2, 0.25) is 10.0 Å². The van der Waals surface area contributed by atoms with Crippen molar-refractivity contribution in [3.8, 4) is 5.75 Å². The summed E-state index contributed by atoms with van der Waals surface area (Å²) >= 11 is 11.9. The van der Waals surface area contributed by atoms with Gasteiger partial charge in [-0.1, -0.05) is 30.1 Å². The van der Waals surface area contributed by atoms with Crippen LogP contribution in [0.3, 0.4) is 0 Å². The Morgan fingerprint density at radius 1 is 1.10 bits per heavy atom. The van der Waals surface area contributed by atoms with Gasteiger partial charge in [0.1, 0.15) is 5.75 Å². The number of hydrogen-bond acceptors (Lipinski definition) is 4. The highest BCUT2D eigenvalue weighted by Gasteiger charge is 2.29. The van der Waals surface area contributed by atoms with Crippen LogP contribution in [0.1, 0.15) is 30.1 Å². The third-order valence-electron chi connectivity index (χ3n) is 4.92. The van der Waals surface area contributed by atoms with Crippen LogP contribution in [0.15, 0.2) is 41.3 Å². The van der Waals surface area contributed by atoms with E-state index in [1.807, 2.05) is 0 Å². The zero-order chi connectivity index (χ0) is 21.2. The van der Waals surface area contributed by atoms with E-state index in [9.17, 15) is 13.2 Å². The van der Waals surface area contributed by atoms with Crippen LogP contribution in [0.4, 0.5) is 5.69 Å². The van der Waals surface area contributed by atoms with Crippen LogP contribution in [0.5, 0.6) is 5.75 Å². The summed E-state index contributed by atoms with van der Waals surface area (Å²) in [6, 6.07) is 8.93. The van der Waals surface area contributed by atoms with Gasteiger partial charge in [0.05, 0.1) is 17.6 Å². The molecule has 0 aromatic heterocycles. The smallest absolute Gasteiger partial charge is 0.259 e. The molecule has 1 aliphatic heterocycles. The second-order valence-electron chi connectivity index (χ2n) is 7.06. The molecule has 1 N–H and O–H groups in total. The molecule has 6 nitrogen and oxygen atoms in total. The third kappa shape index (κ3) is 5.04. The van der Waals surface area contributed by atoms with Crippen LogP contribution in [0.2, 0.25) is 10.0 Å². The van der Waals surface area contributed by atoms with Crippen LogP contribution in [0.25, 0.3) is 0 Å². The SMILES string of the molecule is COc1ccc(S(=O)(=O)N2CCC(C)CC2)cc1C(=O)Nc1cc(Cl)cc(Cl)c1. The Morgan fingerprint density at radius 2 is 1.72 bits per heavy atom. The molecule has 29 heavy (non-hydrogen) atoms. The normalized spacial score (nSPS) is 15.9. The number of ether oxygens (including phenoxy) is 1. The summed E-state index contributed by atoms with van der Waals surface area (Å²) in [4.78, 5) is 12.9. The lowest BCUT2D eigenvalue weighted by Gasteiger charge is -2.29. The summed E-state index contributed by atoms with van der Waals surface area (Å²) in [5, 5.41) is 3.42. The number of benzene rings is 2. The fraction of sp³-hybridized carbons (Fsp3) is 0.350. The molecule has 2 aromatic rings. The Bertz CT molecular complexity index is 999. The van der Waals surface area contributed by atoms with E-state index in [0.717, 1.165) is 12.8 Å². The maximum absolute atomic E-state index is 13.0. The number of sulfonamides is 1. The highest BCUT2D eigenvalue weighted by atomic mass is 35.5. The first-order chi connectivity index (χ1) is 13.7. The second kappa shape index (κ2) is 8.92. The van der Waals surface area contributed by atoms with Crippen molar-refractivity contribution >= 4 is 44.8 Å². The molecule has 0 radical (unpaired) electrons. The van der Waals surface area contributed by atoms with E-state index in [1.165, 1.54) is 29.6 Å². The van der Waals surface area contributed by atoms with Crippen molar-refractivity contribution in [3.05, 3.63) is 52.0 Å².